The number of halogens is 3. The van der Waals surface area contributed by atoms with Crippen molar-refractivity contribution in [3.63, 3.8) is 0 Å². The number of benzene rings is 2. The van der Waals surface area contributed by atoms with Gasteiger partial charge in [0.05, 0.1) is 17.2 Å². The number of anilines is 1. The number of carbonyl (C=O) groups excluding carboxylic acids is 1. The standard InChI is InChI=1S/C17H14F3N3O2/c18-17(19,20)14-5-4-11(8-21)7-15(14)23-9-12-2-1-3-13(6-12)25-10-16(22)24/h1-7,23H,9-10H2,(H2,22,24). The van der Waals surface area contributed by atoms with Gasteiger partial charge in [-0.1, -0.05) is 12.1 Å². The molecule has 2 aromatic rings. The molecule has 0 heterocycles. The van der Waals surface area contributed by atoms with Crippen LogP contribution < -0.4 is 15.8 Å². The highest BCUT2D eigenvalue weighted by molar-refractivity contribution is 5.75. The Morgan fingerprint density at radius 2 is 2.00 bits per heavy atom. The van der Waals surface area contributed by atoms with E-state index in [1.54, 1.807) is 24.3 Å². The lowest BCUT2D eigenvalue weighted by Gasteiger charge is -2.15. The zero-order valence-electron chi connectivity index (χ0n) is 12.9. The van der Waals surface area contributed by atoms with Crippen LogP contribution in [0.25, 0.3) is 0 Å². The van der Waals surface area contributed by atoms with Crippen molar-refractivity contribution in [3.8, 4) is 11.8 Å². The quantitative estimate of drug-likeness (QED) is 0.839. The molecule has 130 valence electrons. The normalized spacial score (nSPS) is 10.8. The summed E-state index contributed by atoms with van der Waals surface area (Å²) in [6.45, 7) is -0.217. The van der Waals surface area contributed by atoms with Gasteiger partial charge in [-0.25, -0.2) is 0 Å². The number of primary amides is 1. The summed E-state index contributed by atoms with van der Waals surface area (Å²) in [5.41, 5.74) is 4.71. The molecule has 0 unspecified atom stereocenters. The molecule has 0 aliphatic carbocycles. The van der Waals surface area contributed by atoms with E-state index >= 15 is 0 Å². The molecule has 1 amide bonds. The van der Waals surface area contributed by atoms with Gasteiger partial charge >= 0.3 is 6.18 Å². The average molecular weight is 349 g/mol. The largest absolute Gasteiger partial charge is 0.484 e. The van der Waals surface area contributed by atoms with Gasteiger partial charge < -0.3 is 15.8 Å². The van der Waals surface area contributed by atoms with Gasteiger partial charge in [-0.15, -0.1) is 0 Å². The number of hydrogen-bond donors (Lipinski definition) is 2. The Balaban J connectivity index is 2.17. The number of nitriles is 1. The summed E-state index contributed by atoms with van der Waals surface area (Å²) in [5, 5.41) is 11.6. The van der Waals surface area contributed by atoms with Crippen LogP contribution in [0.5, 0.6) is 5.75 Å². The number of alkyl halides is 3. The molecular weight excluding hydrogens is 335 g/mol. The predicted octanol–water partition coefficient (Wildman–Crippen LogP) is 3.05. The van der Waals surface area contributed by atoms with Gasteiger partial charge in [0.2, 0.25) is 0 Å². The molecule has 2 rings (SSSR count). The maximum absolute atomic E-state index is 13.1. The van der Waals surface area contributed by atoms with E-state index in [-0.39, 0.29) is 24.4 Å². The first-order valence-electron chi connectivity index (χ1n) is 7.15. The minimum absolute atomic E-state index is 0.0751. The summed E-state index contributed by atoms with van der Waals surface area (Å²) >= 11 is 0. The molecule has 0 fully saturated rings. The molecule has 0 aromatic heterocycles. The second-order valence-electron chi connectivity index (χ2n) is 5.13. The Morgan fingerprint density at radius 1 is 1.24 bits per heavy atom. The zero-order valence-corrected chi connectivity index (χ0v) is 12.9. The summed E-state index contributed by atoms with van der Waals surface area (Å²) in [7, 11) is 0. The lowest BCUT2D eigenvalue weighted by Crippen LogP contribution is -2.20. The van der Waals surface area contributed by atoms with Crippen LogP contribution in [0.4, 0.5) is 18.9 Å². The van der Waals surface area contributed by atoms with E-state index in [0.29, 0.717) is 11.3 Å². The average Bonchev–Trinajstić information content (AvgIpc) is 2.57. The molecule has 0 saturated carbocycles. The van der Waals surface area contributed by atoms with E-state index in [0.717, 1.165) is 18.2 Å². The molecule has 25 heavy (non-hydrogen) atoms. The topological polar surface area (TPSA) is 88.1 Å². The fraction of sp³-hybridized carbons (Fsp3) is 0.176. The molecule has 0 saturated heterocycles. The van der Waals surface area contributed by atoms with Gasteiger partial charge in [-0.05, 0) is 35.9 Å². The molecule has 2 aromatic carbocycles. The first-order valence-corrected chi connectivity index (χ1v) is 7.15. The molecular formula is C17H14F3N3O2. The number of amides is 1. The first kappa shape index (κ1) is 18.1. The maximum Gasteiger partial charge on any atom is 0.418 e. The molecule has 0 bridgehead atoms. The lowest BCUT2D eigenvalue weighted by molar-refractivity contribution is -0.137. The van der Waals surface area contributed by atoms with Crippen molar-refractivity contribution in [1.29, 1.82) is 5.26 Å². The SMILES string of the molecule is N#Cc1ccc(C(F)(F)F)c(NCc2cccc(OCC(N)=O)c2)c1. The molecule has 0 spiro atoms. The summed E-state index contributed by atoms with van der Waals surface area (Å²) in [6.07, 6.45) is -4.54. The summed E-state index contributed by atoms with van der Waals surface area (Å²) in [6, 6.07) is 11.5. The highest BCUT2D eigenvalue weighted by Crippen LogP contribution is 2.35. The van der Waals surface area contributed by atoms with E-state index in [9.17, 15) is 18.0 Å². The van der Waals surface area contributed by atoms with Gasteiger partial charge in [-0.3, -0.25) is 4.79 Å². The van der Waals surface area contributed by atoms with Crippen LogP contribution in [0, 0.1) is 11.3 Å². The van der Waals surface area contributed by atoms with E-state index < -0.39 is 17.6 Å². The number of nitrogens with zero attached hydrogens (tertiary/aromatic N) is 1. The van der Waals surface area contributed by atoms with Gasteiger partial charge in [0.15, 0.2) is 6.61 Å². The van der Waals surface area contributed by atoms with E-state index in [4.69, 9.17) is 15.7 Å². The van der Waals surface area contributed by atoms with E-state index in [1.165, 1.54) is 0 Å². The Kier molecular flexibility index (Phi) is 5.49. The van der Waals surface area contributed by atoms with Crippen LogP contribution in [0.3, 0.4) is 0 Å². The molecule has 0 aliphatic rings. The Labute approximate surface area is 141 Å². The number of nitrogens with one attached hydrogen (secondary N) is 1. The third kappa shape index (κ3) is 5.14. The fourth-order valence-electron chi connectivity index (χ4n) is 2.10. The highest BCUT2D eigenvalue weighted by atomic mass is 19.4. The van der Waals surface area contributed by atoms with Crippen molar-refractivity contribution in [2.45, 2.75) is 12.7 Å². The van der Waals surface area contributed by atoms with Gasteiger partial charge in [0.1, 0.15) is 5.75 Å². The Morgan fingerprint density at radius 3 is 2.64 bits per heavy atom. The van der Waals surface area contributed by atoms with Crippen LogP contribution in [0.15, 0.2) is 42.5 Å². The third-order valence-electron chi connectivity index (χ3n) is 3.22. The Bertz CT molecular complexity index is 814. The molecule has 0 aliphatic heterocycles. The van der Waals surface area contributed by atoms with Crippen molar-refractivity contribution >= 4 is 11.6 Å². The first-order chi connectivity index (χ1) is 11.8. The smallest absolute Gasteiger partial charge is 0.418 e. The minimum Gasteiger partial charge on any atom is -0.484 e. The Hall–Kier alpha value is -3.21. The summed E-state index contributed by atoms with van der Waals surface area (Å²) in [5.74, 6) is -0.258. The number of rotatable bonds is 6. The van der Waals surface area contributed by atoms with Gasteiger partial charge in [-0.2, -0.15) is 18.4 Å². The molecule has 5 nitrogen and oxygen atoms in total. The van der Waals surface area contributed by atoms with Crippen molar-refractivity contribution in [2.24, 2.45) is 5.73 Å². The molecule has 0 atom stereocenters. The van der Waals surface area contributed by atoms with Crippen molar-refractivity contribution in [3.05, 3.63) is 59.2 Å². The minimum atomic E-state index is -4.54. The van der Waals surface area contributed by atoms with Crippen LogP contribution in [0.2, 0.25) is 0 Å². The molecule has 0 radical (unpaired) electrons. The predicted molar refractivity (Wildman–Crippen MR) is 84.6 cm³/mol. The van der Waals surface area contributed by atoms with E-state index in [1.807, 2.05) is 6.07 Å². The molecule has 3 N–H and O–H groups in total. The van der Waals surface area contributed by atoms with Crippen molar-refractivity contribution in [1.82, 2.24) is 0 Å². The monoisotopic (exact) mass is 349 g/mol. The summed E-state index contributed by atoms with van der Waals surface area (Å²) in [4.78, 5) is 10.7. The lowest BCUT2D eigenvalue weighted by atomic mass is 10.1. The molecule has 8 heteroatoms. The van der Waals surface area contributed by atoms with Gasteiger partial charge in [0.25, 0.3) is 5.91 Å². The van der Waals surface area contributed by atoms with Crippen molar-refractivity contribution < 1.29 is 22.7 Å². The van der Waals surface area contributed by atoms with Crippen LogP contribution in [0.1, 0.15) is 16.7 Å². The fourth-order valence-corrected chi connectivity index (χ4v) is 2.10. The van der Waals surface area contributed by atoms with Crippen LogP contribution in [-0.4, -0.2) is 12.5 Å². The van der Waals surface area contributed by atoms with Crippen LogP contribution in [-0.2, 0) is 17.5 Å². The number of ether oxygens (including phenoxy) is 1. The van der Waals surface area contributed by atoms with Gasteiger partial charge in [0, 0.05) is 12.2 Å². The second-order valence-corrected chi connectivity index (χ2v) is 5.13. The summed E-state index contributed by atoms with van der Waals surface area (Å²) < 4.78 is 44.3. The maximum atomic E-state index is 13.1. The number of carbonyl (C=O) groups is 1. The van der Waals surface area contributed by atoms with E-state index in [2.05, 4.69) is 5.32 Å². The van der Waals surface area contributed by atoms with Crippen molar-refractivity contribution in [2.75, 3.05) is 11.9 Å². The number of hydrogen-bond acceptors (Lipinski definition) is 4. The third-order valence-corrected chi connectivity index (χ3v) is 3.22. The zero-order chi connectivity index (χ0) is 18.4. The second kappa shape index (κ2) is 7.57. The number of nitrogens with two attached hydrogens (primary N) is 1. The van der Waals surface area contributed by atoms with Crippen LogP contribution >= 0.6 is 0 Å². The highest BCUT2D eigenvalue weighted by Gasteiger charge is 2.33.